The fourth-order valence-corrected chi connectivity index (χ4v) is 2.44. The van der Waals surface area contributed by atoms with Gasteiger partial charge in [0.2, 0.25) is 5.91 Å². The monoisotopic (exact) mass is 294 g/mol. The van der Waals surface area contributed by atoms with Gasteiger partial charge in [-0.3, -0.25) is 4.79 Å². The standard InChI is InChI=1S/C13H15FN4OS/c1-18-6-5-16-13(18)20-7-4-12(19)17-9-2-3-10(14)11(15)8-9/h2-3,5-6,8H,4,7,15H2,1H3,(H,17,19). The van der Waals surface area contributed by atoms with Crippen LogP contribution in [0.2, 0.25) is 0 Å². The molecule has 5 nitrogen and oxygen atoms in total. The largest absolute Gasteiger partial charge is 0.396 e. The highest BCUT2D eigenvalue weighted by atomic mass is 32.2. The third kappa shape index (κ3) is 3.74. The summed E-state index contributed by atoms with van der Waals surface area (Å²) in [7, 11) is 1.90. The molecule has 0 aliphatic rings. The van der Waals surface area contributed by atoms with Gasteiger partial charge in [-0.2, -0.15) is 0 Å². The molecule has 0 unspecified atom stereocenters. The third-order valence-electron chi connectivity index (χ3n) is 2.62. The molecule has 7 heteroatoms. The summed E-state index contributed by atoms with van der Waals surface area (Å²) < 4.78 is 14.9. The fourth-order valence-electron chi connectivity index (χ4n) is 1.57. The molecular formula is C13H15FN4OS. The summed E-state index contributed by atoms with van der Waals surface area (Å²) in [6, 6.07) is 4.11. The first-order chi connectivity index (χ1) is 9.56. The van der Waals surface area contributed by atoms with Crippen molar-refractivity contribution in [1.82, 2.24) is 9.55 Å². The first-order valence-corrected chi connectivity index (χ1v) is 7.00. The van der Waals surface area contributed by atoms with Gasteiger partial charge in [-0.05, 0) is 18.2 Å². The lowest BCUT2D eigenvalue weighted by molar-refractivity contribution is -0.115. The highest BCUT2D eigenvalue weighted by molar-refractivity contribution is 7.99. The average molecular weight is 294 g/mol. The Hall–Kier alpha value is -2.02. The minimum atomic E-state index is -0.492. The number of aromatic nitrogens is 2. The number of nitrogens with one attached hydrogen (secondary N) is 1. The van der Waals surface area contributed by atoms with E-state index in [9.17, 15) is 9.18 Å². The van der Waals surface area contributed by atoms with Crippen LogP contribution in [0.4, 0.5) is 15.8 Å². The van der Waals surface area contributed by atoms with Crippen molar-refractivity contribution in [2.75, 3.05) is 16.8 Å². The van der Waals surface area contributed by atoms with Crippen molar-refractivity contribution in [3.63, 3.8) is 0 Å². The van der Waals surface area contributed by atoms with Crippen molar-refractivity contribution in [2.24, 2.45) is 7.05 Å². The Labute approximate surface area is 120 Å². The first kappa shape index (κ1) is 14.4. The molecule has 0 saturated heterocycles. The molecule has 0 radical (unpaired) electrons. The van der Waals surface area contributed by atoms with E-state index in [1.807, 2.05) is 17.8 Å². The minimum Gasteiger partial charge on any atom is -0.396 e. The maximum atomic E-state index is 13.0. The van der Waals surface area contributed by atoms with Gasteiger partial charge in [0.1, 0.15) is 5.82 Å². The lowest BCUT2D eigenvalue weighted by Gasteiger charge is -2.06. The van der Waals surface area contributed by atoms with Gasteiger partial charge in [0.05, 0.1) is 5.69 Å². The summed E-state index contributed by atoms with van der Waals surface area (Å²) in [6.07, 6.45) is 3.90. The number of rotatable bonds is 5. The van der Waals surface area contributed by atoms with Crippen LogP contribution in [0.1, 0.15) is 6.42 Å². The zero-order valence-electron chi connectivity index (χ0n) is 11.0. The van der Waals surface area contributed by atoms with Gasteiger partial charge in [0, 0.05) is 37.3 Å². The molecule has 3 N–H and O–H groups in total. The number of aryl methyl sites for hydroxylation is 1. The molecule has 1 heterocycles. The van der Waals surface area contributed by atoms with Crippen molar-refractivity contribution in [1.29, 1.82) is 0 Å². The molecule has 0 aliphatic carbocycles. The van der Waals surface area contributed by atoms with Crippen molar-refractivity contribution >= 4 is 29.0 Å². The van der Waals surface area contributed by atoms with E-state index in [1.165, 1.54) is 30.0 Å². The summed E-state index contributed by atoms with van der Waals surface area (Å²) in [5, 5.41) is 3.54. The number of amides is 1. The number of carbonyl (C=O) groups is 1. The van der Waals surface area contributed by atoms with Crippen LogP contribution in [0.5, 0.6) is 0 Å². The molecule has 0 spiro atoms. The number of anilines is 2. The second-order valence-electron chi connectivity index (χ2n) is 4.20. The SMILES string of the molecule is Cn1ccnc1SCCC(=O)Nc1ccc(F)c(N)c1. The molecule has 1 aromatic heterocycles. The zero-order chi connectivity index (χ0) is 14.5. The van der Waals surface area contributed by atoms with Crippen molar-refractivity contribution in [3.05, 3.63) is 36.4 Å². The number of benzene rings is 1. The topological polar surface area (TPSA) is 72.9 Å². The molecule has 20 heavy (non-hydrogen) atoms. The Morgan fingerprint density at radius 2 is 2.35 bits per heavy atom. The van der Waals surface area contributed by atoms with Gasteiger partial charge < -0.3 is 15.6 Å². The Morgan fingerprint density at radius 1 is 1.55 bits per heavy atom. The van der Waals surface area contributed by atoms with E-state index >= 15 is 0 Å². The Kier molecular flexibility index (Phi) is 4.62. The van der Waals surface area contributed by atoms with Crippen LogP contribution in [0, 0.1) is 5.82 Å². The van der Waals surface area contributed by atoms with E-state index in [4.69, 9.17) is 5.73 Å². The number of nitrogen functional groups attached to an aromatic ring is 1. The maximum Gasteiger partial charge on any atom is 0.225 e. The molecule has 0 saturated carbocycles. The molecule has 0 bridgehead atoms. The third-order valence-corrected chi connectivity index (χ3v) is 3.68. The van der Waals surface area contributed by atoms with Crippen LogP contribution in [-0.4, -0.2) is 21.2 Å². The van der Waals surface area contributed by atoms with Crippen molar-refractivity contribution in [3.8, 4) is 0 Å². The van der Waals surface area contributed by atoms with Crippen LogP contribution in [0.25, 0.3) is 0 Å². The van der Waals surface area contributed by atoms with Gasteiger partial charge in [0.25, 0.3) is 0 Å². The Morgan fingerprint density at radius 3 is 3.00 bits per heavy atom. The van der Waals surface area contributed by atoms with Gasteiger partial charge >= 0.3 is 0 Å². The molecule has 1 amide bonds. The zero-order valence-corrected chi connectivity index (χ0v) is 11.8. The van der Waals surface area contributed by atoms with Crippen LogP contribution in [-0.2, 0) is 11.8 Å². The van der Waals surface area contributed by atoms with Crippen molar-refractivity contribution in [2.45, 2.75) is 11.6 Å². The number of thioether (sulfide) groups is 1. The lowest BCUT2D eigenvalue weighted by Crippen LogP contribution is -2.12. The molecule has 0 fully saturated rings. The summed E-state index contributed by atoms with van der Waals surface area (Å²) in [5.74, 6) is -0.0149. The van der Waals surface area contributed by atoms with Crippen LogP contribution in [0.3, 0.4) is 0 Å². The molecule has 1 aromatic carbocycles. The number of nitrogens with zero attached hydrogens (tertiary/aromatic N) is 2. The lowest BCUT2D eigenvalue weighted by atomic mass is 10.2. The average Bonchev–Trinajstić information content (AvgIpc) is 2.80. The number of nitrogens with two attached hydrogens (primary N) is 1. The molecular weight excluding hydrogens is 279 g/mol. The van der Waals surface area contributed by atoms with E-state index in [1.54, 1.807) is 6.20 Å². The minimum absolute atomic E-state index is 0.0187. The van der Waals surface area contributed by atoms with Crippen LogP contribution in [0.15, 0.2) is 35.7 Å². The maximum absolute atomic E-state index is 13.0. The number of hydrogen-bond acceptors (Lipinski definition) is 4. The Balaban J connectivity index is 1.80. The number of halogens is 1. The molecule has 2 rings (SSSR count). The van der Waals surface area contributed by atoms with Crippen LogP contribution >= 0.6 is 11.8 Å². The van der Waals surface area contributed by atoms with E-state index < -0.39 is 5.82 Å². The first-order valence-electron chi connectivity index (χ1n) is 6.01. The van der Waals surface area contributed by atoms with E-state index in [0.717, 1.165) is 5.16 Å². The molecule has 0 aliphatic heterocycles. The molecule has 0 atom stereocenters. The summed E-state index contributed by atoms with van der Waals surface area (Å²) in [6.45, 7) is 0. The number of carbonyl (C=O) groups excluding carboxylic acids is 1. The van der Waals surface area contributed by atoms with Crippen molar-refractivity contribution < 1.29 is 9.18 Å². The highest BCUT2D eigenvalue weighted by Gasteiger charge is 2.06. The second-order valence-corrected chi connectivity index (χ2v) is 5.27. The summed E-state index contributed by atoms with van der Waals surface area (Å²) >= 11 is 1.50. The van der Waals surface area contributed by atoms with Crippen LogP contribution < -0.4 is 11.1 Å². The predicted molar refractivity (Wildman–Crippen MR) is 78.0 cm³/mol. The molecule has 106 valence electrons. The predicted octanol–water partition coefficient (Wildman–Crippen LogP) is 2.26. The highest BCUT2D eigenvalue weighted by Crippen LogP contribution is 2.18. The second kappa shape index (κ2) is 6.42. The van der Waals surface area contributed by atoms with Gasteiger partial charge in [0.15, 0.2) is 5.16 Å². The fraction of sp³-hybridized carbons (Fsp3) is 0.231. The van der Waals surface area contributed by atoms with E-state index in [0.29, 0.717) is 17.9 Å². The summed E-state index contributed by atoms with van der Waals surface area (Å²) in [5.41, 5.74) is 5.95. The van der Waals surface area contributed by atoms with Gasteiger partial charge in [-0.15, -0.1) is 0 Å². The summed E-state index contributed by atoms with van der Waals surface area (Å²) in [4.78, 5) is 15.9. The Bertz CT molecular complexity index is 614. The van der Waals surface area contributed by atoms with E-state index in [-0.39, 0.29) is 11.6 Å². The smallest absolute Gasteiger partial charge is 0.225 e. The molecule has 2 aromatic rings. The number of imidazole rings is 1. The van der Waals surface area contributed by atoms with Gasteiger partial charge in [-0.25, -0.2) is 9.37 Å². The quantitative estimate of drug-likeness (QED) is 0.655. The number of hydrogen-bond donors (Lipinski definition) is 2. The van der Waals surface area contributed by atoms with Gasteiger partial charge in [-0.1, -0.05) is 11.8 Å². The van der Waals surface area contributed by atoms with E-state index in [2.05, 4.69) is 10.3 Å². The normalized spacial score (nSPS) is 10.5.